The molecule has 2 aromatic rings. The number of hydrogen-bond donors (Lipinski definition) is 1. The van der Waals surface area contributed by atoms with Gasteiger partial charge in [-0.05, 0) is 48.1 Å². The molecule has 2 rings (SSSR count). The lowest BCUT2D eigenvalue weighted by atomic mass is 10.0. The van der Waals surface area contributed by atoms with Crippen LogP contribution in [0.3, 0.4) is 0 Å². The Morgan fingerprint density at radius 3 is 2.45 bits per heavy atom. The van der Waals surface area contributed by atoms with Crippen molar-refractivity contribution < 1.29 is 9.47 Å². The summed E-state index contributed by atoms with van der Waals surface area (Å²) in [5.41, 5.74) is 1.10. The van der Waals surface area contributed by atoms with E-state index in [4.69, 9.17) is 9.47 Å². The van der Waals surface area contributed by atoms with Crippen molar-refractivity contribution in [2.75, 3.05) is 21.3 Å². The van der Waals surface area contributed by atoms with Crippen LogP contribution in [0, 0.1) is 6.92 Å². The Balaban J connectivity index is 2.46. The Hall–Kier alpha value is -1.04. The molecule has 0 spiro atoms. The van der Waals surface area contributed by atoms with Crippen LogP contribution < -0.4 is 14.8 Å². The highest BCUT2D eigenvalue weighted by Gasteiger charge is 2.19. The second-order valence-corrected chi connectivity index (χ2v) is 6.52. The molecule has 0 saturated heterocycles. The number of thiophene rings is 1. The van der Waals surface area contributed by atoms with Gasteiger partial charge in [-0.3, -0.25) is 0 Å². The third-order valence-corrected chi connectivity index (χ3v) is 5.40. The average molecular weight is 356 g/mol. The Labute approximate surface area is 132 Å². The summed E-state index contributed by atoms with van der Waals surface area (Å²) in [6, 6.07) is 8.17. The number of rotatable bonds is 5. The van der Waals surface area contributed by atoms with Crippen LogP contribution in [0.15, 0.2) is 28.7 Å². The molecule has 1 atom stereocenters. The molecule has 20 heavy (non-hydrogen) atoms. The first kappa shape index (κ1) is 15.4. The second kappa shape index (κ2) is 6.61. The van der Waals surface area contributed by atoms with Gasteiger partial charge in [-0.1, -0.05) is 0 Å². The van der Waals surface area contributed by atoms with E-state index in [1.807, 2.05) is 25.2 Å². The second-order valence-electron chi connectivity index (χ2n) is 4.38. The van der Waals surface area contributed by atoms with Crippen molar-refractivity contribution in [1.29, 1.82) is 0 Å². The lowest BCUT2D eigenvalue weighted by molar-refractivity contribution is 0.388. The van der Waals surface area contributed by atoms with Gasteiger partial charge in [0.15, 0.2) is 0 Å². The highest BCUT2D eigenvalue weighted by atomic mass is 79.9. The Kier molecular flexibility index (Phi) is 5.07. The Morgan fingerprint density at radius 1 is 1.20 bits per heavy atom. The molecule has 0 aliphatic rings. The third-order valence-electron chi connectivity index (χ3n) is 3.20. The van der Waals surface area contributed by atoms with Crippen molar-refractivity contribution in [3.8, 4) is 11.5 Å². The minimum absolute atomic E-state index is 0.103. The van der Waals surface area contributed by atoms with Crippen molar-refractivity contribution >= 4 is 27.3 Å². The van der Waals surface area contributed by atoms with Crippen LogP contribution in [0.2, 0.25) is 0 Å². The normalized spacial score (nSPS) is 12.2. The maximum atomic E-state index is 5.50. The first-order valence-electron chi connectivity index (χ1n) is 6.25. The molecule has 5 heteroatoms. The standard InChI is InChI=1S/C15H18BrNO2S/c1-9-12(16)8-14(20-9)15(17-2)11-6-5-10(18-3)7-13(11)19-4/h5-8,15,17H,1-4H3. The first-order valence-corrected chi connectivity index (χ1v) is 7.86. The molecule has 0 amide bonds. The van der Waals surface area contributed by atoms with Gasteiger partial charge in [0, 0.05) is 25.9 Å². The summed E-state index contributed by atoms with van der Waals surface area (Å²) >= 11 is 5.35. The van der Waals surface area contributed by atoms with E-state index in [9.17, 15) is 0 Å². The van der Waals surface area contributed by atoms with Crippen LogP contribution in [0.25, 0.3) is 0 Å². The average Bonchev–Trinajstić information content (AvgIpc) is 2.79. The smallest absolute Gasteiger partial charge is 0.127 e. The molecule has 1 unspecified atom stereocenters. The van der Waals surface area contributed by atoms with Gasteiger partial charge < -0.3 is 14.8 Å². The predicted octanol–water partition coefficient (Wildman–Crippen LogP) is 4.15. The van der Waals surface area contributed by atoms with Gasteiger partial charge in [-0.25, -0.2) is 0 Å². The molecule has 0 aliphatic carbocycles. The Morgan fingerprint density at radius 2 is 1.95 bits per heavy atom. The van der Waals surface area contributed by atoms with E-state index >= 15 is 0 Å². The lowest BCUT2D eigenvalue weighted by Gasteiger charge is -2.19. The number of benzene rings is 1. The summed E-state index contributed by atoms with van der Waals surface area (Å²) in [5, 5.41) is 3.36. The summed E-state index contributed by atoms with van der Waals surface area (Å²) < 4.78 is 11.9. The largest absolute Gasteiger partial charge is 0.497 e. The van der Waals surface area contributed by atoms with Gasteiger partial charge in [0.2, 0.25) is 0 Å². The molecule has 108 valence electrons. The third kappa shape index (κ3) is 3.00. The zero-order valence-corrected chi connectivity index (χ0v) is 14.4. The van der Waals surface area contributed by atoms with Crippen molar-refractivity contribution in [1.82, 2.24) is 5.32 Å². The minimum Gasteiger partial charge on any atom is -0.497 e. The van der Waals surface area contributed by atoms with E-state index in [2.05, 4.69) is 34.2 Å². The number of methoxy groups -OCH3 is 2. The Bertz CT molecular complexity index is 578. The fourth-order valence-corrected chi connectivity index (χ4v) is 3.82. The van der Waals surface area contributed by atoms with Crippen LogP contribution in [0.5, 0.6) is 11.5 Å². The monoisotopic (exact) mass is 355 g/mol. The van der Waals surface area contributed by atoms with Crippen LogP contribution in [-0.2, 0) is 0 Å². The molecule has 0 radical (unpaired) electrons. The number of ether oxygens (including phenoxy) is 2. The maximum absolute atomic E-state index is 5.50. The van der Waals surface area contributed by atoms with Crippen LogP contribution in [-0.4, -0.2) is 21.3 Å². The van der Waals surface area contributed by atoms with E-state index in [1.165, 1.54) is 9.75 Å². The topological polar surface area (TPSA) is 30.5 Å². The SMILES string of the molecule is CNC(c1cc(Br)c(C)s1)c1ccc(OC)cc1OC. The van der Waals surface area contributed by atoms with E-state index < -0.39 is 0 Å². The zero-order chi connectivity index (χ0) is 14.7. The van der Waals surface area contributed by atoms with E-state index in [-0.39, 0.29) is 6.04 Å². The number of nitrogens with one attached hydrogen (secondary N) is 1. The van der Waals surface area contributed by atoms with Gasteiger partial charge in [-0.15, -0.1) is 11.3 Å². The highest BCUT2D eigenvalue weighted by Crippen LogP contribution is 2.38. The van der Waals surface area contributed by atoms with E-state index in [0.29, 0.717) is 0 Å². The van der Waals surface area contributed by atoms with Gasteiger partial charge in [0.25, 0.3) is 0 Å². The van der Waals surface area contributed by atoms with Crippen LogP contribution >= 0.6 is 27.3 Å². The van der Waals surface area contributed by atoms with Crippen LogP contribution in [0.1, 0.15) is 21.4 Å². The van der Waals surface area contributed by atoms with Crippen molar-refractivity contribution in [3.05, 3.63) is 44.1 Å². The molecule has 1 N–H and O–H groups in total. The van der Waals surface area contributed by atoms with Crippen molar-refractivity contribution in [2.24, 2.45) is 0 Å². The molecule has 0 saturated carbocycles. The fraction of sp³-hybridized carbons (Fsp3) is 0.333. The molecule has 1 aromatic carbocycles. The number of halogens is 1. The molecule has 3 nitrogen and oxygen atoms in total. The summed E-state index contributed by atoms with van der Waals surface area (Å²) in [6.45, 7) is 2.11. The summed E-state index contributed by atoms with van der Waals surface area (Å²) in [7, 11) is 5.29. The molecular weight excluding hydrogens is 338 g/mol. The summed E-state index contributed by atoms with van der Waals surface area (Å²) in [4.78, 5) is 2.52. The van der Waals surface area contributed by atoms with Crippen molar-refractivity contribution in [2.45, 2.75) is 13.0 Å². The summed E-state index contributed by atoms with van der Waals surface area (Å²) in [6.07, 6.45) is 0. The van der Waals surface area contributed by atoms with Crippen molar-refractivity contribution in [3.63, 3.8) is 0 Å². The number of aryl methyl sites for hydroxylation is 1. The highest BCUT2D eigenvalue weighted by molar-refractivity contribution is 9.10. The maximum Gasteiger partial charge on any atom is 0.127 e. The quantitative estimate of drug-likeness (QED) is 0.873. The molecular formula is C15H18BrNO2S. The molecule has 0 fully saturated rings. The first-order chi connectivity index (χ1) is 9.60. The van der Waals surface area contributed by atoms with Gasteiger partial charge in [-0.2, -0.15) is 0 Å². The van der Waals surface area contributed by atoms with Crippen LogP contribution in [0.4, 0.5) is 0 Å². The molecule has 0 bridgehead atoms. The van der Waals surface area contributed by atoms with E-state index in [0.717, 1.165) is 21.5 Å². The number of hydrogen-bond acceptors (Lipinski definition) is 4. The van der Waals surface area contributed by atoms with Gasteiger partial charge in [0.1, 0.15) is 11.5 Å². The van der Waals surface area contributed by atoms with E-state index in [1.54, 1.807) is 25.6 Å². The minimum atomic E-state index is 0.103. The molecule has 1 heterocycles. The fourth-order valence-electron chi connectivity index (χ4n) is 2.13. The zero-order valence-electron chi connectivity index (χ0n) is 12.0. The lowest BCUT2D eigenvalue weighted by Crippen LogP contribution is -2.17. The molecule has 0 aliphatic heterocycles. The van der Waals surface area contributed by atoms with Gasteiger partial charge in [0.05, 0.1) is 20.3 Å². The van der Waals surface area contributed by atoms with Gasteiger partial charge >= 0.3 is 0 Å². The predicted molar refractivity (Wildman–Crippen MR) is 87.2 cm³/mol. The summed E-state index contributed by atoms with van der Waals surface area (Å²) in [5.74, 6) is 1.62. The molecule has 1 aromatic heterocycles.